The topological polar surface area (TPSA) is 32.5 Å². The minimum Gasteiger partial charge on any atom is -0.329 e. The molecule has 2 atom stereocenters. The lowest BCUT2D eigenvalue weighted by Crippen LogP contribution is -2.63. The number of rotatable bonds is 3. The number of hydrogen-bond acceptors (Lipinski definition) is 3. The van der Waals surface area contributed by atoms with Crippen LogP contribution >= 0.6 is 0 Å². The first-order valence-electron chi connectivity index (χ1n) is 9.02. The molecule has 3 heteroatoms. The highest BCUT2D eigenvalue weighted by atomic mass is 15.3. The predicted molar refractivity (Wildman–Crippen MR) is 89.4 cm³/mol. The number of nitrogens with zero attached hydrogens (tertiary/aromatic N) is 2. The molecule has 3 fully saturated rings. The minimum atomic E-state index is 0.268. The fourth-order valence-electron chi connectivity index (χ4n) is 5.30. The molecule has 0 radical (unpaired) electrons. The van der Waals surface area contributed by atoms with Crippen molar-refractivity contribution in [2.24, 2.45) is 11.1 Å². The molecule has 2 saturated heterocycles. The van der Waals surface area contributed by atoms with Gasteiger partial charge in [-0.05, 0) is 70.9 Å². The molecule has 0 aromatic rings. The molecule has 2 aliphatic heterocycles. The maximum atomic E-state index is 6.34. The monoisotopic (exact) mass is 293 g/mol. The lowest BCUT2D eigenvalue weighted by atomic mass is 9.73. The molecule has 0 aromatic heterocycles. The number of likely N-dealkylation sites (N-methyl/N-ethyl adjacent to an activating group) is 1. The molecule has 3 aliphatic rings. The fraction of sp³-hybridized carbons (Fsp3) is 1.00. The molecule has 2 heterocycles. The van der Waals surface area contributed by atoms with Crippen LogP contribution in [0, 0.1) is 5.41 Å². The van der Waals surface area contributed by atoms with Gasteiger partial charge in [0.25, 0.3) is 0 Å². The Kier molecular flexibility index (Phi) is 4.13. The third kappa shape index (κ3) is 2.77. The third-order valence-corrected chi connectivity index (χ3v) is 7.20. The Balaban J connectivity index is 1.71. The van der Waals surface area contributed by atoms with Crippen LogP contribution < -0.4 is 5.73 Å². The first-order valence-corrected chi connectivity index (χ1v) is 9.02. The maximum absolute atomic E-state index is 6.34. The summed E-state index contributed by atoms with van der Waals surface area (Å²) in [6, 6.07) is 2.30. The second-order valence-corrected chi connectivity index (χ2v) is 8.89. The van der Waals surface area contributed by atoms with Crippen LogP contribution in [0.4, 0.5) is 0 Å². The Morgan fingerprint density at radius 1 is 1.05 bits per heavy atom. The van der Waals surface area contributed by atoms with Gasteiger partial charge in [-0.1, -0.05) is 13.8 Å². The molecule has 1 aliphatic carbocycles. The van der Waals surface area contributed by atoms with Gasteiger partial charge >= 0.3 is 0 Å². The average Bonchev–Trinajstić information content (AvgIpc) is 2.69. The van der Waals surface area contributed by atoms with E-state index in [0.717, 1.165) is 24.7 Å². The van der Waals surface area contributed by atoms with Crippen molar-refractivity contribution in [3.8, 4) is 0 Å². The van der Waals surface area contributed by atoms with Crippen LogP contribution in [-0.4, -0.2) is 54.1 Å². The molecule has 2 unspecified atom stereocenters. The van der Waals surface area contributed by atoms with Crippen LogP contribution in [0.2, 0.25) is 0 Å². The van der Waals surface area contributed by atoms with Crippen LogP contribution in [0.3, 0.4) is 0 Å². The third-order valence-electron chi connectivity index (χ3n) is 7.20. The first kappa shape index (κ1) is 15.8. The molecule has 0 spiro atoms. The summed E-state index contributed by atoms with van der Waals surface area (Å²) in [5, 5.41) is 0. The largest absolute Gasteiger partial charge is 0.329 e. The Bertz CT molecular complexity index is 355. The van der Waals surface area contributed by atoms with Gasteiger partial charge in [0.1, 0.15) is 0 Å². The van der Waals surface area contributed by atoms with Crippen molar-refractivity contribution in [2.75, 3.05) is 20.6 Å². The fourth-order valence-corrected chi connectivity index (χ4v) is 5.30. The molecular formula is C18H35N3. The summed E-state index contributed by atoms with van der Waals surface area (Å²) in [7, 11) is 4.70. The molecule has 2 N–H and O–H groups in total. The highest BCUT2D eigenvalue weighted by Crippen LogP contribution is 2.45. The van der Waals surface area contributed by atoms with Gasteiger partial charge in [-0.15, -0.1) is 0 Å². The molecule has 1 saturated carbocycles. The van der Waals surface area contributed by atoms with E-state index in [4.69, 9.17) is 5.73 Å². The summed E-state index contributed by atoms with van der Waals surface area (Å²) in [4.78, 5) is 5.35. The van der Waals surface area contributed by atoms with Crippen LogP contribution in [0.25, 0.3) is 0 Å². The quantitative estimate of drug-likeness (QED) is 0.868. The van der Waals surface area contributed by atoms with E-state index in [1.165, 1.54) is 51.4 Å². The Morgan fingerprint density at radius 3 is 2.05 bits per heavy atom. The normalized spacial score (nSPS) is 40.9. The Labute approximate surface area is 131 Å². The molecular weight excluding hydrogens is 258 g/mol. The van der Waals surface area contributed by atoms with Gasteiger partial charge in [-0.25, -0.2) is 0 Å². The number of piperidine rings is 1. The van der Waals surface area contributed by atoms with Gasteiger partial charge in [-0.3, -0.25) is 4.90 Å². The van der Waals surface area contributed by atoms with Crippen LogP contribution in [0.1, 0.15) is 65.2 Å². The lowest BCUT2D eigenvalue weighted by molar-refractivity contribution is -0.0243. The minimum absolute atomic E-state index is 0.268. The Morgan fingerprint density at radius 2 is 1.57 bits per heavy atom. The zero-order valence-corrected chi connectivity index (χ0v) is 14.6. The van der Waals surface area contributed by atoms with Gasteiger partial charge in [0.2, 0.25) is 0 Å². The average molecular weight is 293 g/mol. The van der Waals surface area contributed by atoms with Gasteiger partial charge in [0, 0.05) is 30.2 Å². The summed E-state index contributed by atoms with van der Waals surface area (Å²) in [6.07, 6.45) is 10.8. The molecule has 2 bridgehead atoms. The summed E-state index contributed by atoms with van der Waals surface area (Å²) in [5.41, 5.74) is 7.16. The first-order chi connectivity index (χ1) is 9.87. The van der Waals surface area contributed by atoms with Crippen LogP contribution in [-0.2, 0) is 0 Å². The van der Waals surface area contributed by atoms with Crippen molar-refractivity contribution < 1.29 is 0 Å². The van der Waals surface area contributed by atoms with E-state index in [-0.39, 0.29) is 5.54 Å². The molecule has 3 rings (SSSR count). The zero-order chi connectivity index (χ0) is 15.3. The smallest absolute Gasteiger partial charge is 0.0361 e. The second kappa shape index (κ2) is 5.50. The van der Waals surface area contributed by atoms with E-state index >= 15 is 0 Å². The van der Waals surface area contributed by atoms with Gasteiger partial charge in [0.15, 0.2) is 0 Å². The lowest BCUT2D eigenvalue weighted by Gasteiger charge is -2.53. The number of fused-ring (bicyclic) bond motifs is 2. The van der Waals surface area contributed by atoms with E-state index in [2.05, 4.69) is 37.7 Å². The van der Waals surface area contributed by atoms with Gasteiger partial charge < -0.3 is 10.6 Å². The van der Waals surface area contributed by atoms with Crippen molar-refractivity contribution in [3.05, 3.63) is 0 Å². The van der Waals surface area contributed by atoms with Gasteiger partial charge in [0.05, 0.1) is 0 Å². The van der Waals surface area contributed by atoms with Crippen LogP contribution in [0.5, 0.6) is 0 Å². The standard InChI is InChI=1S/C18H35N3/c1-17(2)9-7-14(8-10-17)21(4)18(13-19)11-15-5-6-16(12-18)20(15)3/h14-16H,5-13,19H2,1-4H3. The zero-order valence-electron chi connectivity index (χ0n) is 14.6. The maximum Gasteiger partial charge on any atom is 0.0361 e. The van der Waals surface area contributed by atoms with Crippen molar-refractivity contribution in [2.45, 2.75) is 88.9 Å². The SMILES string of the molecule is CN1C2CCC1CC(CN)(N(C)C1CCC(C)(C)CC1)C2. The number of hydrogen-bond donors (Lipinski definition) is 1. The highest BCUT2D eigenvalue weighted by molar-refractivity contribution is 5.07. The van der Waals surface area contributed by atoms with Crippen molar-refractivity contribution in [1.82, 2.24) is 9.80 Å². The van der Waals surface area contributed by atoms with E-state index < -0.39 is 0 Å². The van der Waals surface area contributed by atoms with Gasteiger partial charge in [-0.2, -0.15) is 0 Å². The number of nitrogens with two attached hydrogens (primary N) is 1. The summed E-state index contributed by atoms with van der Waals surface area (Å²) < 4.78 is 0. The molecule has 0 aromatic carbocycles. The molecule has 3 nitrogen and oxygen atoms in total. The van der Waals surface area contributed by atoms with Crippen molar-refractivity contribution in [3.63, 3.8) is 0 Å². The summed E-state index contributed by atoms with van der Waals surface area (Å²) >= 11 is 0. The highest BCUT2D eigenvalue weighted by Gasteiger charge is 2.49. The van der Waals surface area contributed by atoms with Crippen molar-refractivity contribution >= 4 is 0 Å². The summed E-state index contributed by atoms with van der Waals surface area (Å²) in [6.45, 7) is 5.69. The molecule has 0 amide bonds. The van der Waals surface area contributed by atoms with E-state index in [9.17, 15) is 0 Å². The molecule has 122 valence electrons. The molecule has 21 heavy (non-hydrogen) atoms. The van der Waals surface area contributed by atoms with Crippen molar-refractivity contribution in [1.29, 1.82) is 0 Å². The Hall–Kier alpha value is -0.120. The summed E-state index contributed by atoms with van der Waals surface area (Å²) in [5.74, 6) is 0. The van der Waals surface area contributed by atoms with E-state index in [1.807, 2.05) is 0 Å². The van der Waals surface area contributed by atoms with E-state index in [0.29, 0.717) is 5.41 Å². The van der Waals surface area contributed by atoms with Crippen LogP contribution in [0.15, 0.2) is 0 Å². The van der Waals surface area contributed by atoms with E-state index in [1.54, 1.807) is 0 Å². The second-order valence-electron chi connectivity index (χ2n) is 8.89. The predicted octanol–water partition coefficient (Wildman–Crippen LogP) is 2.84.